The maximum absolute atomic E-state index is 9.56. The molecule has 1 unspecified atom stereocenters. The minimum atomic E-state index is -0.249. The van der Waals surface area contributed by atoms with Crippen LogP contribution in [0.2, 0.25) is 0 Å². The lowest BCUT2D eigenvalue weighted by molar-refractivity contribution is 0.114. The first-order chi connectivity index (χ1) is 8.36. The first kappa shape index (κ1) is 14.8. The average molecular weight is 268 g/mol. The van der Waals surface area contributed by atoms with Crippen molar-refractivity contribution in [1.82, 2.24) is 14.9 Å². The van der Waals surface area contributed by atoms with E-state index < -0.39 is 0 Å². The molecule has 0 aliphatic carbocycles. The zero-order valence-electron chi connectivity index (χ0n) is 11.0. The van der Waals surface area contributed by atoms with E-state index in [0.717, 1.165) is 5.69 Å². The SMILES string of the molecule is CC(C)(C)N(C(N)=S)C(CO)Cc1cnccn1. The number of aliphatic hydroxyl groups is 1. The predicted molar refractivity (Wildman–Crippen MR) is 75.0 cm³/mol. The van der Waals surface area contributed by atoms with E-state index in [0.29, 0.717) is 6.42 Å². The largest absolute Gasteiger partial charge is 0.394 e. The molecule has 3 N–H and O–H groups in total. The maximum atomic E-state index is 9.56. The minimum Gasteiger partial charge on any atom is -0.394 e. The van der Waals surface area contributed by atoms with Gasteiger partial charge in [0, 0.05) is 30.6 Å². The second-order valence-corrected chi connectivity index (χ2v) is 5.53. The van der Waals surface area contributed by atoms with Gasteiger partial charge in [-0.05, 0) is 33.0 Å². The van der Waals surface area contributed by atoms with Gasteiger partial charge < -0.3 is 15.7 Å². The van der Waals surface area contributed by atoms with Crippen LogP contribution in [0.4, 0.5) is 0 Å². The van der Waals surface area contributed by atoms with Crippen LogP contribution in [0.15, 0.2) is 18.6 Å². The summed E-state index contributed by atoms with van der Waals surface area (Å²) in [5.74, 6) is 0. The number of nitrogens with zero attached hydrogens (tertiary/aromatic N) is 3. The molecule has 0 bridgehead atoms. The predicted octanol–water partition coefficient (Wildman–Crippen LogP) is 0.724. The second-order valence-electron chi connectivity index (χ2n) is 5.12. The summed E-state index contributed by atoms with van der Waals surface area (Å²) in [6.45, 7) is 5.98. The van der Waals surface area contributed by atoms with E-state index in [2.05, 4.69) is 9.97 Å². The molecule has 6 heteroatoms. The van der Waals surface area contributed by atoms with Crippen LogP contribution in [-0.2, 0) is 6.42 Å². The molecule has 0 amide bonds. The summed E-state index contributed by atoms with van der Waals surface area (Å²) in [6.07, 6.45) is 5.49. The van der Waals surface area contributed by atoms with Crippen molar-refractivity contribution >= 4 is 17.3 Å². The van der Waals surface area contributed by atoms with Crippen molar-refractivity contribution in [1.29, 1.82) is 0 Å². The fourth-order valence-corrected chi connectivity index (χ4v) is 2.40. The van der Waals surface area contributed by atoms with Gasteiger partial charge in [0.15, 0.2) is 5.11 Å². The molecule has 1 rings (SSSR count). The third-order valence-corrected chi connectivity index (χ3v) is 2.79. The van der Waals surface area contributed by atoms with Crippen LogP contribution in [0, 0.1) is 0 Å². The Morgan fingerprint density at radius 3 is 2.56 bits per heavy atom. The van der Waals surface area contributed by atoms with Gasteiger partial charge >= 0.3 is 0 Å². The molecule has 0 spiro atoms. The van der Waals surface area contributed by atoms with Crippen molar-refractivity contribution in [3.05, 3.63) is 24.3 Å². The third-order valence-electron chi connectivity index (χ3n) is 2.60. The fourth-order valence-electron chi connectivity index (χ4n) is 1.97. The molecule has 100 valence electrons. The fraction of sp³-hybridized carbons (Fsp3) is 0.583. The molecule has 0 aromatic carbocycles. The van der Waals surface area contributed by atoms with E-state index in [-0.39, 0.29) is 23.3 Å². The summed E-state index contributed by atoms with van der Waals surface area (Å²) in [5.41, 5.74) is 6.32. The summed E-state index contributed by atoms with van der Waals surface area (Å²) in [6, 6.07) is -0.195. The van der Waals surface area contributed by atoms with Crippen LogP contribution in [0.25, 0.3) is 0 Å². The van der Waals surface area contributed by atoms with E-state index in [1.807, 2.05) is 25.7 Å². The van der Waals surface area contributed by atoms with Crippen molar-refractivity contribution < 1.29 is 5.11 Å². The monoisotopic (exact) mass is 268 g/mol. The molecule has 0 radical (unpaired) electrons. The number of nitrogens with two attached hydrogens (primary N) is 1. The highest BCUT2D eigenvalue weighted by atomic mass is 32.1. The number of hydrogen-bond acceptors (Lipinski definition) is 4. The summed E-state index contributed by atoms with van der Waals surface area (Å²) in [7, 11) is 0. The lowest BCUT2D eigenvalue weighted by Gasteiger charge is -2.41. The van der Waals surface area contributed by atoms with Crippen LogP contribution in [-0.4, -0.2) is 43.3 Å². The molecule has 1 aromatic heterocycles. The summed E-state index contributed by atoms with van der Waals surface area (Å²) < 4.78 is 0. The Bertz CT molecular complexity index is 391. The van der Waals surface area contributed by atoms with Gasteiger partial charge in [0.25, 0.3) is 0 Å². The van der Waals surface area contributed by atoms with Crippen LogP contribution < -0.4 is 5.73 Å². The molecule has 0 aliphatic rings. The molecule has 1 aromatic rings. The van der Waals surface area contributed by atoms with Gasteiger partial charge in [0.05, 0.1) is 18.3 Å². The normalized spacial score (nSPS) is 13.1. The van der Waals surface area contributed by atoms with Gasteiger partial charge in [-0.1, -0.05) is 0 Å². The second kappa shape index (κ2) is 6.06. The number of thiocarbonyl (C=S) groups is 1. The quantitative estimate of drug-likeness (QED) is 0.784. The van der Waals surface area contributed by atoms with Crippen molar-refractivity contribution in [2.24, 2.45) is 5.73 Å². The Morgan fingerprint density at radius 2 is 2.17 bits per heavy atom. The van der Waals surface area contributed by atoms with Crippen molar-refractivity contribution in [2.75, 3.05) is 6.61 Å². The van der Waals surface area contributed by atoms with Crippen molar-refractivity contribution in [3.8, 4) is 0 Å². The Morgan fingerprint density at radius 1 is 1.50 bits per heavy atom. The molecular formula is C12H20N4OS. The Hall–Kier alpha value is -1.27. The van der Waals surface area contributed by atoms with Crippen molar-refractivity contribution in [3.63, 3.8) is 0 Å². The summed E-state index contributed by atoms with van der Waals surface area (Å²) in [4.78, 5) is 10.1. The number of aromatic nitrogens is 2. The number of rotatable bonds is 4. The highest BCUT2D eigenvalue weighted by Crippen LogP contribution is 2.19. The summed E-state index contributed by atoms with van der Waals surface area (Å²) in [5, 5.41) is 9.85. The highest BCUT2D eigenvalue weighted by molar-refractivity contribution is 7.80. The molecule has 1 atom stereocenters. The van der Waals surface area contributed by atoms with Crippen molar-refractivity contribution in [2.45, 2.75) is 38.8 Å². The number of aliphatic hydroxyl groups excluding tert-OH is 1. The molecule has 0 saturated carbocycles. The van der Waals surface area contributed by atoms with E-state index in [1.54, 1.807) is 18.6 Å². The zero-order valence-corrected chi connectivity index (χ0v) is 11.8. The first-order valence-electron chi connectivity index (χ1n) is 5.80. The average Bonchev–Trinajstić information content (AvgIpc) is 2.27. The van der Waals surface area contributed by atoms with Gasteiger partial charge in [-0.25, -0.2) is 0 Å². The van der Waals surface area contributed by atoms with Crippen LogP contribution in [0.1, 0.15) is 26.5 Å². The smallest absolute Gasteiger partial charge is 0.167 e. The number of hydrogen-bond donors (Lipinski definition) is 2. The summed E-state index contributed by atoms with van der Waals surface area (Å²) >= 11 is 5.08. The minimum absolute atomic E-state index is 0.0365. The van der Waals surface area contributed by atoms with Gasteiger partial charge in [-0.3, -0.25) is 9.97 Å². The highest BCUT2D eigenvalue weighted by Gasteiger charge is 2.29. The first-order valence-corrected chi connectivity index (χ1v) is 6.21. The van der Waals surface area contributed by atoms with Crippen LogP contribution in [0.5, 0.6) is 0 Å². The van der Waals surface area contributed by atoms with Gasteiger partial charge in [0.2, 0.25) is 0 Å². The van der Waals surface area contributed by atoms with E-state index >= 15 is 0 Å². The van der Waals surface area contributed by atoms with E-state index in [1.165, 1.54) is 0 Å². The van der Waals surface area contributed by atoms with E-state index in [9.17, 15) is 5.11 Å². The molecule has 0 saturated heterocycles. The van der Waals surface area contributed by atoms with E-state index in [4.69, 9.17) is 18.0 Å². The standard InChI is InChI=1S/C12H20N4OS/c1-12(2,3)16(11(13)18)10(8-17)6-9-7-14-4-5-15-9/h4-5,7,10,17H,6,8H2,1-3H3,(H2,13,18). The molecular weight excluding hydrogens is 248 g/mol. The topological polar surface area (TPSA) is 75.3 Å². The lowest BCUT2D eigenvalue weighted by Crippen LogP contribution is -2.55. The maximum Gasteiger partial charge on any atom is 0.167 e. The molecule has 1 heterocycles. The van der Waals surface area contributed by atoms with Crippen LogP contribution >= 0.6 is 12.2 Å². The molecule has 0 aliphatic heterocycles. The van der Waals surface area contributed by atoms with Gasteiger partial charge in [0.1, 0.15) is 0 Å². The lowest BCUT2D eigenvalue weighted by atomic mass is 10.0. The Labute approximate surface area is 113 Å². The molecule has 18 heavy (non-hydrogen) atoms. The third kappa shape index (κ3) is 3.89. The molecule has 5 nitrogen and oxygen atoms in total. The zero-order chi connectivity index (χ0) is 13.8. The van der Waals surface area contributed by atoms with Gasteiger partial charge in [-0.15, -0.1) is 0 Å². The van der Waals surface area contributed by atoms with Crippen LogP contribution in [0.3, 0.4) is 0 Å². The molecule has 0 fully saturated rings. The Kier molecular flexibility index (Phi) is 4.98. The Balaban J connectivity index is 2.90. The van der Waals surface area contributed by atoms with Gasteiger partial charge in [-0.2, -0.15) is 0 Å².